The molecule has 1 rings (SSSR count). The zero-order valence-corrected chi connectivity index (χ0v) is 9.21. The van der Waals surface area contributed by atoms with E-state index in [1.54, 1.807) is 0 Å². The molecule has 0 heterocycles. The summed E-state index contributed by atoms with van der Waals surface area (Å²) in [5, 5.41) is 0. The molecule has 0 saturated carbocycles. The van der Waals surface area contributed by atoms with E-state index in [2.05, 4.69) is 35.6 Å². The van der Waals surface area contributed by atoms with E-state index in [-0.39, 0.29) is 6.04 Å². The molecular weight excluding hydrogens is 263 g/mol. The summed E-state index contributed by atoms with van der Waals surface area (Å²) in [5.74, 6) is 0. The minimum Gasteiger partial charge on any atom is -0.329 e. The van der Waals surface area contributed by atoms with Crippen molar-refractivity contribution in [3.05, 3.63) is 32.9 Å². The molecule has 2 nitrogen and oxygen atoms in total. The van der Waals surface area contributed by atoms with Crippen molar-refractivity contribution in [3.63, 3.8) is 0 Å². The molecule has 3 heteroatoms. The smallest absolute Gasteiger partial charge is 0.0430 e. The van der Waals surface area contributed by atoms with Gasteiger partial charge in [-0.3, -0.25) is 0 Å². The van der Waals surface area contributed by atoms with Gasteiger partial charge in [0.1, 0.15) is 0 Å². The van der Waals surface area contributed by atoms with Gasteiger partial charge in [0.2, 0.25) is 0 Å². The fraction of sp³-hybridized carbons (Fsp3) is 0.333. The molecule has 0 saturated heterocycles. The Morgan fingerprint density at radius 3 is 2.75 bits per heavy atom. The van der Waals surface area contributed by atoms with Crippen molar-refractivity contribution in [1.82, 2.24) is 0 Å². The molecule has 12 heavy (non-hydrogen) atoms. The molecule has 0 aliphatic carbocycles. The van der Waals surface area contributed by atoms with E-state index in [9.17, 15) is 0 Å². The van der Waals surface area contributed by atoms with E-state index in [1.165, 1.54) is 9.13 Å². The van der Waals surface area contributed by atoms with Gasteiger partial charge in [0.05, 0.1) is 0 Å². The highest BCUT2D eigenvalue weighted by Gasteiger charge is 2.08. The van der Waals surface area contributed by atoms with Crippen LogP contribution in [0.4, 0.5) is 0 Å². The highest BCUT2D eigenvalue weighted by molar-refractivity contribution is 14.1. The van der Waals surface area contributed by atoms with Crippen LogP contribution in [0.15, 0.2) is 18.2 Å². The number of rotatable bonds is 2. The van der Waals surface area contributed by atoms with Crippen molar-refractivity contribution in [2.45, 2.75) is 13.0 Å². The number of hydrogen-bond donors (Lipinski definition) is 2. The predicted octanol–water partition coefficient (Wildman–Crippen LogP) is 1.56. The number of aryl methyl sites for hydroxylation is 1. The molecular formula is C9H13IN2. The van der Waals surface area contributed by atoms with Crippen LogP contribution in [0.1, 0.15) is 17.2 Å². The topological polar surface area (TPSA) is 52.0 Å². The second-order valence-corrected chi connectivity index (χ2v) is 3.90. The molecule has 0 amide bonds. The Morgan fingerprint density at radius 2 is 2.17 bits per heavy atom. The zero-order chi connectivity index (χ0) is 9.14. The second kappa shape index (κ2) is 4.20. The second-order valence-electron chi connectivity index (χ2n) is 2.82. The van der Waals surface area contributed by atoms with Gasteiger partial charge in [-0.05, 0) is 40.6 Å². The van der Waals surface area contributed by atoms with E-state index in [0.29, 0.717) is 6.54 Å². The lowest BCUT2D eigenvalue weighted by Crippen LogP contribution is -2.21. The van der Waals surface area contributed by atoms with Crippen LogP contribution < -0.4 is 11.5 Å². The van der Waals surface area contributed by atoms with Gasteiger partial charge < -0.3 is 11.5 Å². The van der Waals surface area contributed by atoms with Crippen LogP contribution in [0.25, 0.3) is 0 Å². The van der Waals surface area contributed by atoms with Crippen molar-refractivity contribution >= 4 is 22.6 Å². The maximum absolute atomic E-state index is 5.83. The summed E-state index contributed by atoms with van der Waals surface area (Å²) < 4.78 is 1.23. The maximum Gasteiger partial charge on any atom is 0.0430 e. The molecule has 0 spiro atoms. The van der Waals surface area contributed by atoms with Crippen molar-refractivity contribution in [1.29, 1.82) is 0 Å². The lowest BCUT2D eigenvalue weighted by atomic mass is 10.1. The first-order valence-corrected chi connectivity index (χ1v) is 4.95. The molecule has 0 radical (unpaired) electrons. The number of halogens is 1. The Labute approximate surface area is 86.5 Å². The van der Waals surface area contributed by atoms with E-state index < -0.39 is 0 Å². The van der Waals surface area contributed by atoms with Crippen molar-refractivity contribution in [2.24, 2.45) is 11.5 Å². The summed E-state index contributed by atoms with van der Waals surface area (Å²) in [6.07, 6.45) is 0. The van der Waals surface area contributed by atoms with Crippen LogP contribution in [0.5, 0.6) is 0 Å². The quantitative estimate of drug-likeness (QED) is 0.805. The highest BCUT2D eigenvalue weighted by atomic mass is 127. The third-order valence-corrected chi connectivity index (χ3v) is 3.35. The van der Waals surface area contributed by atoms with Crippen LogP contribution in [-0.4, -0.2) is 6.54 Å². The molecule has 0 bridgehead atoms. The van der Waals surface area contributed by atoms with Crippen LogP contribution in [0, 0.1) is 10.5 Å². The summed E-state index contributed by atoms with van der Waals surface area (Å²) in [6, 6.07) is 6.10. The van der Waals surface area contributed by atoms with Gasteiger partial charge >= 0.3 is 0 Å². The Kier molecular flexibility index (Phi) is 3.49. The first-order valence-electron chi connectivity index (χ1n) is 3.87. The summed E-state index contributed by atoms with van der Waals surface area (Å²) >= 11 is 2.31. The van der Waals surface area contributed by atoms with E-state index in [1.807, 2.05) is 12.1 Å². The first kappa shape index (κ1) is 9.95. The average molecular weight is 276 g/mol. The Morgan fingerprint density at radius 1 is 1.50 bits per heavy atom. The zero-order valence-electron chi connectivity index (χ0n) is 7.05. The molecule has 1 unspecified atom stereocenters. The van der Waals surface area contributed by atoms with Crippen molar-refractivity contribution < 1.29 is 0 Å². The van der Waals surface area contributed by atoms with Crippen LogP contribution in [-0.2, 0) is 0 Å². The molecule has 0 fully saturated rings. The van der Waals surface area contributed by atoms with Gasteiger partial charge in [-0.15, -0.1) is 0 Å². The summed E-state index contributed by atoms with van der Waals surface area (Å²) in [6.45, 7) is 2.58. The molecule has 1 aromatic rings. The summed E-state index contributed by atoms with van der Waals surface area (Å²) in [4.78, 5) is 0. The van der Waals surface area contributed by atoms with Crippen LogP contribution in [0.2, 0.25) is 0 Å². The molecule has 0 aliphatic rings. The van der Waals surface area contributed by atoms with Crippen LogP contribution >= 0.6 is 22.6 Å². The molecule has 0 aliphatic heterocycles. The Hall–Kier alpha value is -0.130. The average Bonchev–Trinajstić information content (AvgIpc) is 2.08. The lowest BCUT2D eigenvalue weighted by molar-refractivity contribution is 0.732. The molecule has 66 valence electrons. The van der Waals surface area contributed by atoms with Gasteiger partial charge in [-0.1, -0.05) is 18.2 Å². The van der Waals surface area contributed by atoms with Gasteiger partial charge in [-0.2, -0.15) is 0 Å². The van der Waals surface area contributed by atoms with Gasteiger partial charge in [0.15, 0.2) is 0 Å². The fourth-order valence-electron chi connectivity index (χ4n) is 1.08. The summed E-state index contributed by atoms with van der Waals surface area (Å²) in [7, 11) is 0. The maximum atomic E-state index is 5.83. The monoisotopic (exact) mass is 276 g/mol. The number of benzene rings is 1. The molecule has 1 atom stereocenters. The van der Waals surface area contributed by atoms with Gasteiger partial charge in [0, 0.05) is 16.2 Å². The van der Waals surface area contributed by atoms with Crippen molar-refractivity contribution in [2.75, 3.05) is 6.54 Å². The predicted molar refractivity (Wildman–Crippen MR) is 59.9 cm³/mol. The number of hydrogen-bond acceptors (Lipinski definition) is 2. The highest BCUT2D eigenvalue weighted by Crippen LogP contribution is 2.20. The number of nitrogens with two attached hydrogens (primary N) is 2. The third-order valence-electron chi connectivity index (χ3n) is 1.88. The van der Waals surface area contributed by atoms with Crippen molar-refractivity contribution in [3.8, 4) is 0 Å². The fourth-order valence-corrected chi connectivity index (χ4v) is 1.84. The standard InChI is InChI=1S/C9H13IN2/c1-6-3-2-4-7(9(6)10)8(12)5-11/h2-4,8H,5,11-12H2,1H3. The van der Waals surface area contributed by atoms with E-state index >= 15 is 0 Å². The molecule has 4 N–H and O–H groups in total. The van der Waals surface area contributed by atoms with E-state index in [0.717, 1.165) is 5.56 Å². The minimum atomic E-state index is -0.0307. The van der Waals surface area contributed by atoms with E-state index in [4.69, 9.17) is 11.5 Å². The minimum absolute atomic E-state index is 0.0307. The van der Waals surface area contributed by atoms with Crippen LogP contribution in [0.3, 0.4) is 0 Å². The summed E-state index contributed by atoms with van der Waals surface area (Å²) in [5.41, 5.74) is 13.7. The largest absolute Gasteiger partial charge is 0.329 e. The third kappa shape index (κ3) is 1.97. The molecule has 1 aromatic carbocycles. The Bertz CT molecular complexity index is 273. The Balaban J connectivity index is 3.07. The lowest BCUT2D eigenvalue weighted by Gasteiger charge is -2.12. The molecule has 0 aromatic heterocycles. The first-order chi connectivity index (χ1) is 5.66. The van der Waals surface area contributed by atoms with Gasteiger partial charge in [-0.25, -0.2) is 0 Å². The van der Waals surface area contributed by atoms with Gasteiger partial charge in [0.25, 0.3) is 0 Å². The SMILES string of the molecule is Cc1cccc(C(N)CN)c1I. The normalized spacial score (nSPS) is 13.0.